The van der Waals surface area contributed by atoms with Gasteiger partial charge in [0.2, 0.25) is 0 Å². The Morgan fingerprint density at radius 2 is 1.86 bits per heavy atom. The summed E-state index contributed by atoms with van der Waals surface area (Å²) in [6.07, 6.45) is 1.35. The number of hydrogen-bond acceptors (Lipinski definition) is 5. The third-order valence-corrected chi connectivity index (χ3v) is 3.09. The van der Waals surface area contributed by atoms with Gasteiger partial charge in [0.25, 0.3) is 5.91 Å². The summed E-state index contributed by atoms with van der Waals surface area (Å²) in [6.45, 7) is 3.26. The lowest BCUT2D eigenvalue weighted by Crippen LogP contribution is -2.41. The normalized spacial score (nSPS) is 10.1. The average Bonchev–Trinajstić information content (AvgIpc) is 3.12. The summed E-state index contributed by atoms with van der Waals surface area (Å²) in [5.74, 6) is -1.65. The van der Waals surface area contributed by atoms with Crippen LogP contribution in [-0.4, -0.2) is 29.9 Å². The predicted molar refractivity (Wildman–Crippen MR) is 75.2 cm³/mol. The highest BCUT2D eigenvalue weighted by Crippen LogP contribution is 2.18. The Hall–Kier alpha value is -3.03. The molecule has 0 aromatic carbocycles. The third kappa shape index (κ3) is 2.85. The summed E-state index contributed by atoms with van der Waals surface area (Å²) in [6, 6.07) is 3.01. The molecule has 8 heteroatoms. The SMILES string of the molecule is COC(=O)c1c(C)[nH]c(C(=O)NNC(=O)c2ccco2)c1C. The van der Waals surface area contributed by atoms with E-state index >= 15 is 0 Å². The number of ether oxygens (including phenoxy) is 1. The van der Waals surface area contributed by atoms with Gasteiger partial charge < -0.3 is 14.1 Å². The van der Waals surface area contributed by atoms with E-state index in [1.54, 1.807) is 19.9 Å². The summed E-state index contributed by atoms with van der Waals surface area (Å²) in [5.41, 5.74) is 5.86. The smallest absolute Gasteiger partial charge is 0.339 e. The van der Waals surface area contributed by atoms with E-state index in [4.69, 9.17) is 4.42 Å². The molecule has 0 aliphatic rings. The Morgan fingerprint density at radius 3 is 2.45 bits per heavy atom. The minimum atomic E-state index is -0.590. The van der Waals surface area contributed by atoms with E-state index < -0.39 is 17.8 Å². The maximum Gasteiger partial charge on any atom is 0.339 e. The minimum Gasteiger partial charge on any atom is -0.465 e. The summed E-state index contributed by atoms with van der Waals surface area (Å²) in [4.78, 5) is 38.2. The number of aromatic nitrogens is 1. The topological polar surface area (TPSA) is 113 Å². The van der Waals surface area contributed by atoms with E-state index in [0.717, 1.165) is 0 Å². The van der Waals surface area contributed by atoms with Crippen molar-refractivity contribution in [1.82, 2.24) is 15.8 Å². The van der Waals surface area contributed by atoms with Crippen molar-refractivity contribution in [2.75, 3.05) is 7.11 Å². The number of hydrogen-bond donors (Lipinski definition) is 3. The molecule has 0 unspecified atom stereocenters. The Morgan fingerprint density at radius 1 is 1.18 bits per heavy atom. The Labute approximate surface area is 125 Å². The number of rotatable bonds is 3. The van der Waals surface area contributed by atoms with Crippen molar-refractivity contribution in [1.29, 1.82) is 0 Å². The number of esters is 1. The van der Waals surface area contributed by atoms with Gasteiger partial charge in [0.05, 0.1) is 18.9 Å². The molecule has 22 heavy (non-hydrogen) atoms. The molecule has 8 nitrogen and oxygen atoms in total. The molecule has 0 fully saturated rings. The third-order valence-electron chi connectivity index (χ3n) is 3.09. The second kappa shape index (κ2) is 6.17. The standard InChI is InChI=1S/C14H15N3O5/c1-7-10(14(20)21-3)8(2)15-11(7)13(19)17-16-12(18)9-5-4-6-22-9/h4-6,15H,1-3H3,(H,16,18)(H,17,19). The van der Waals surface area contributed by atoms with Crippen molar-refractivity contribution >= 4 is 17.8 Å². The molecule has 0 bridgehead atoms. The lowest BCUT2D eigenvalue weighted by Gasteiger charge is -2.05. The van der Waals surface area contributed by atoms with Crippen LogP contribution in [0.3, 0.4) is 0 Å². The fourth-order valence-electron chi connectivity index (χ4n) is 2.03. The number of aryl methyl sites for hydroxylation is 1. The van der Waals surface area contributed by atoms with Crippen LogP contribution in [0.1, 0.15) is 42.7 Å². The first-order chi connectivity index (χ1) is 10.5. The van der Waals surface area contributed by atoms with Gasteiger partial charge in [-0.05, 0) is 31.5 Å². The zero-order chi connectivity index (χ0) is 16.3. The summed E-state index contributed by atoms with van der Waals surface area (Å²) in [7, 11) is 1.26. The van der Waals surface area contributed by atoms with Crippen molar-refractivity contribution in [3.05, 3.63) is 46.7 Å². The highest BCUT2D eigenvalue weighted by Gasteiger charge is 2.22. The molecule has 0 radical (unpaired) electrons. The predicted octanol–water partition coefficient (Wildman–Crippen LogP) is 1.09. The number of methoxy groups -OCH3 is 1. The van der Waals surface area contributed by atoms with Crippen LogP contribution in [0.25, 0.3) is 0 Å². The van der Waals surface area contributed by atoms with E-state index in [-0.39, 0.29) is 11.5 Å². The molecule has 0 saturated carbocycles. The molecule has 3 N–H and O–H groups in total. The fraction of sp³-hybridized carbons (Fsp3) is 0.214. The van der Waals surface area contributed by atoms with Crippen LogP contribution in [0.5, 0.6) is 0 Å². The Kier molecular flexibility index (Phi) is 4.31. The zero-order valence-corrected chi connectivity index (χ0v) is 12.3. The maximum absolute atomic E-state index is 12.1. The first-order valence-electron chi connectivity index (χ1n) is 6.37. The number of hydrazine groups is 1. The number of carbonyl (C=O) groups is 3. The lowest BCUT2D eigenvalue weighted by atomic mass is 10.1. The second-order valence-electron chi connectivity index (χ2n) is 4.50. The van der Waals surface area contributed by atoms with Crippen LogP contribution in [0.2, 0.25) is 0 Å². The summed E-state index contributed by atoms with van der Waals surface area (Å²) >= 11 is 0. The van der Waals surface area contributed by atoms with Crippen molar-refractivity contribution in [2.24, 2.45) is 0 Å². The van der Waals surface area contributed by atoms with Crippen LogP contribution in [0.4, 0.5) is 0 Å². The number of furan rings is 1. The Bertz CT molecular complexity index is 715. The highest BCUT2D eigenvalue weighted by molar-refractivity contribution is 6.01. The fourth-order valence-corrected chi connectivity index (χ4v) is 2.03. The van der Waals surface area contributed by atoms with E-state index in [9.17, 15) is 14.4 Å². The number of H-pyrrole nitrogens is 1. The molecule has 2 aromatic heterocycles. The van der Waals surface area contributed by atoms with Gasteiger partial charge in [-0.25, -0.2) is 4.79 Å². The molecule has 0 spiro atoms. The van der Waals surface area contributed by atoms with E-state index in [0.29, 0.717) is 16.8 Å². The zero-order valence-electron chi connectivity index (χ0n) is 12.3. The number of nitrogens with one attached hydrogen (secondary N) is 3. The van der Waals surface area contributed by atoms with Crippen molar-refractivity contribution in [3.8, 4) is 0 Å². The molecular weight excluding hydrogens is 290 g/mol. The number of aromatic amines is 1. The van der Waals surface area contributed by atoms with Crippen molar-refractivity contribution in [2.45, 2.75) is 13.8 Å². The van der Waals surface area contributed by atoms with Crippen molar-refractivity contribution in [3.63, 3.8) is 0 Å². The largest absolute Gasteiger partial charge is 0.465 e. The monoisotopic (exact) mass is 305 g/mol. The molecule has 116 valence electrons. The molecule has 2 amide bonds. The average molecular weight is 305 g/mol. The molecular formula is C14H15N3O5. The van der Waals surface area contributed by atoms with E-state index in [1.165, 1.54) is 19.4 Å². The van der Waals surface area contributed by atoms with Gasteiger partial charge in [-0.1, -0.05) is 0 Å². The maximum atomic E-state index is 12.1. The van der Waals surface area contributed by atoms with Crippen LogP contribution < -0.4 is 10.9 Å². The van der Waals surface area contributed by atoms with Crippen LogP contribution in [0, 0.1) is 13.8 Å². The quantitative estimate of drug-likeness (QED) is 0.580. The van der Waals surface area contributed by atoms with Gasteiger partial charge in [-0.3, -0.25) is 20.4 Å². The molecule has 0 aliphatic heterocycles. The van der Waals surface area contributed by atoms with Gasteiger partial charge in [0, 0.05) is 5.69 Å². The van der Waals surface area contributed by atoms with Gasteiger partial charge in [-0.15, -0.1) is 0 Å². The summed E-state index contributed by atoms with van der Waals surface area (Å²) in [5, 5.41) is 0. The van der Waals surface area contributed by atoms with E-state index in [1.807, 2.05) is 0 Å². The van der Waals surface area contributed by atoms with Gasteiger partial charge in [0.1, 0.15) is 5.69 Å². The van der Waals surface area contributed by atoms with E-state index in [2.05, 4.69) is 20.6 Å². The second-order valence-corrected chi connectivity index (χ2v) is 4.50. The van der Waals surface area contributed by atoms with Crippen molar-refractivity contribution < 1.29 is 23.5 Å². The molecule has 2 heterocycles. The van der Waals surface area contributed by atoms with Crippen LogP contribution in [0.15, 0.2) is 22.8 Å². The highest BCUT2D eigenvalue weighted by atomic mass is 16.5. The molecule has 2 aromatic rings. The molecule has 0 atom stereocenters. The van der Waals surface area contributed by atoms with Gasteiger partial charge in [-0.2, -0.15) is 0 Å². The van der Waals surface area contributed by atoms with Gasteiger partial charge >= 0.3 is 11.9 Å². The molecule has 0 aliphatic carbocycles. The number of amides is 2. The summed E-state index contributed by atoms with van der Waals surface area (Å²) < 4.78 is 9.56. The first kappa shape index (κ1) is 15.4. The lowest BCUT2D eigenvalue weighted by molar-refractivity contribution is 0.0599. The molecule has 0 saturated heterocycles. The van der Waals surface area contributed by atoms with Crippen LogP contribution >= 0.6 is 0 Å². The first-order valence-corrected chi connectivity index (χ1v) is 6.37. The Balaban J connectivity index is 2.10. The van der Waals surface area contributed by atoms with Crippen LogP contribution in [-0.2, 0) is 4.74 Å². The molecule has 2 rings (SSSR count). The number of carbonyl (C=O) groups excluding carboxylic acids is 3. The van der Waals surface area contributed by atoms with Gasteiger partial charge in [0.15, 0.2) is 5.76 Å². The minimum absolute atomic E-state index is 0.0648.